The number of unbranched alkanes of at least 4 members (excludes halogenated alkanes) is 2. The average Bonchev–Trinajstić information content (AvgIpc) is 3.38. The van der Waals surface area contributed by atoms with Gasteiger partial charge in [-0.15, -0.1) is 0 Å². The maximum atomic E-state index is 13.2. The van der Waals surface area contributed by atoms with Crippen molar-refractivity contribution in [1.29, 1.82) is 0 Å². The van der Waals surface area contributed by atoms with E-state index in [9.17, 15) is 58.2 Å². The molecule has 0 radical (unpaired) electrons. The van der Waals surface area contributed by atoms with Crippen LogP contribution in [-0.4, -0.2) is 96.3 Å². The maximum absolute atomic E-state index is 13.2. The summed E-state index contributed by atoms with van der Waals surface area (Å²) < 4.78 is 42.4. The Bertz CT molecular complexity index is 2170. The Morgan fingerprint density at radius 3 is 0.944 bits per heavy atom. The number of benzene rings is 2. The molecule has 2 N–H and O–H groups in total. The fourth-order valence-corrected chi connectivity index (χ4v) is 8.59. The number of carbonyl (C=O) groups is 10. The van der Waals surface area contributed by atoms with Crippen LogP contribution in [0.25, 0.3) is 0 Å². The van der Waals surface area contributed by atoms with Crippen LogP contribution in [0.3, 0.4) is 0 Å². The highest BCUT2D eigenvalue weighted by atomic mass is 16.6. The molecule has 5 rings (SSSR count). The summed E-state index contributed by atoms with van der Waals surface area (Å²) in [6.07, 6.45) is 7.84. The molecule has 20 heteroatoms. The van der Waals surface area contributed by atoms with Crippen LogP contribution in [0.4, 0.5) is 0 Å². The normalized spacial score (nSPS) is 20.5. The number of rotatable bonds is 24. The minimum Gasteiger partial charge on any atom is -0.478 e. The smallest absolute Gasteiger partial charge is 0.339 e. The number of hydrogen-bond donors (Lipinski definition) is 2. The van der Waals surface area contributed by atoms with Crippen molar-refractivity contribution in [3.8, 4) is 23.0 Å². The van der Waals surface area contributed by atoms with E-state index in [4.69, 9.17) is 37.9 Å². The number of carboxylic acids is 2. The van der Waals surface area contributed by atoms with E-state index in [0.29, 0.717) is 77.0 Å². The maximum Gasteiger partial charge on any atom is 0.339 e. The Kier molecular flexibility index (Phi) is 21.5. The molecule has 72 heavy (non-hydrogen) atoms. The lowest BCUT2D eigenvalue weighted by molar-refractivity contribution is -0.152. The van der Waals surface area contributed by atoms with Gasteiger partial charge in [-0.05, 0) is 139 Å². The van der Waals surface area contributed by atoms with Crippen LogP contribution in [0.15, 0.2) is 61.7 Å². The molecule has 0 spiro atoms. The monoisotopic (exact) mass is 1000 g/mol. The molecule has 0 atom stereocenters. The van der Waals surface area contributed by atoms with Crippen molar-refractivity contribution < 1.29 is 96.1 Å². The van der Waals surface area contributed by atoms with E-state index in [-0.39, 0.29) is 87.0 Å². The molecule has 3 fully saturated rings. The summed E-state index contributed by atoms with van der Waals surface area (Å²) in [5, 5.41) is 19.8. The van der Waals surface area contributed by atoms with Gasteiger partial charge in [0, 0.05) is 12.2 Å². The Morgan fingerprint density at radius 1 is 0.403 bits per heavy atom. The highest BCUT2D eigenvalue weighted by Crippen LogP contribution is 2.36. The molecular formula is C52H60O20. The highest BCUT2D eigenvalue weighted by Gasteiger charge is 2.36. The highest BCUT2D eigenvalue weighted by molar-refractivity contribution is 5.94. The van der Waals surface area contributed by atoms with Crippen LogP contribution < -0.4 is 18.9 Å². The van der Waals surface area contributed by atoms with Crippen LogP contribution in [0, 0.1) is 35.5 Å². The number of hydrogen-bond acceptors (Lipinski definition) is 18. The van der Waals surface area contributed by atoms with Crippen molar-refractivity contribution in [1.82, 2.24) is 0 Å². The Balaban J connectivity index is 1.02. The van der Waals surface area contributed by atoms with E-state index >= 15 is 0 Å². The zero-order chi connectivity index (χ0) is 52.2. The van der Waals surface area contributed by atoms with E-state index in [1.54, 1.807) is 0 Å². The largest absolute Gasteiger partial charge is 0.478 e. The lowest BCUT2D eigenvalue weighted by Gasteiger charge is -2.26. The summed E-state index contributed by atoms with van der Waals surface area (Å²) >= 11 is 0. The second-order valence-corrected chi connectivity index (χ2v) is 17.7. The van der Waals surface area contributed by atoms with Gasteiger partial charge in [0.15, 0.2) is 0 Å². The quantitative estimate of drug-likeness (QED) is 0.0354. The van der Waals surface area contributed by atoms with Gasteiger partial charge in [-0.25, -0.2) is 19.2 Å². The lowest BCUT2D eigenvalue weighted by Crippen LogP contribution is -2.30. The van der Waals surface area contributed by atoms with Crippen molar-refractivity contribution in [2.75, 3.05) is 26.4 Å². The number of esters is 8. The summed E-state index contributed by atoms with van der Waals surface area (Å²) in [4.78, 5) is 124. The summed E-state index contributed by atoms with van der Waals surface area (Å²) in [5.41, 5.74) is -0.826. The molecule has 0 aromatic heterocycles. The average molecular weight is 1010 g/mol. The molecule has 0 amide bonds. The van der Waals surface area contributed by atoms with Crippen LogP contribution in [-0.2, 0) is 57.3 Å². The van der Waals surface area contributed by atoms with E-state index < -0.39 is 94.4 Å². The minimum atomic E-state index is -1.43. The first-order chi connectivity index (χ1) is 34.6. The SMILES string of the molecule is C=CC(=O)OCCCCOC(=O)C1CCC(C(=O)Oc2ccc(OC(=O)C3CCC(C(=O)Oc4ccc(OC(=O)C5CCC(C(=O)OCCCCOC(=O)C=C)CC5)c(C(=O)O)c4)CC3)cc2C(=O)O)CC1. The van der Waals surface area contributed by atoms with Gasteiger partial charge in [0.1, 0.15) is 34.1 Å². The first-order valence-electron chi connectivity index (χ1n) is 24.1. The summed E-state index contributed by atoms with van der Waals surface area (Å²) in [6, 6.07) is 7.20. The molecule has 0 saturated heterocycles. The molecule has 3 aliphatic carbocycles. The number of carboxylic acid groups (broad SMARTS) is 2. The number of ether oxygens (including phenoxy) is 8. The molecule has 20 nitrogen and oxygen atoms in total. The van der Waals surface area contributed by atoms with Gasteiger partial charge in [0.2, 0.25) is 0 Å². The number of carbonyl (C=O) groups excluding carboxylic acids is 8. The molecular weight excluding hydrogens is 945 g/mol. The van der Waals surface area contributed by atoms with Gasteiger partial charge >= 0.3 is 59.7 Å². The van der Waals surface area contributed by atoms with E-state index in [1.165, 1.54) is 24.3 Å². The predicted octanol–water partition coefficient (Wildman–Crippen LogP) is 6.93. The van der Waals surface area contributed by atoms with Crippen molar-refractivity contribution in [3.63, 3.8) is 0 Å². The molecule has 3 aliphatic rings. The molecule has 0 aliphatic heterocycles. The van der Waals surface area contributed by atoms with Gasteiger partial charge in [0.05, 0.1) is 61.9 Å². The fourth-order valence-electron chi connectivity index (χ4n) is 8.59. The van der Waals surface area contributed by atoms with Gasteiger partial charge in [-0.3, -0.25) is 28.8 Å². The summed E-state index contributed by atoms with van der Waals surface area (Å²) in [7, 11) is 0. The molecule has 0 heterocycles. The Labute approximate surface area is 415 Å². The zero-order valence-corrected chi connectivity index (χ0v) is 39.9. The van der Waals surface area contributed by atoms with Crippen LogP contribution in [0.5, 0.6) is 23.0 Å². The molecule has 0 bridgehead atoms. The third-order valence-electron chi connectivity index (χ3n) is 12.8. The summed E-state index contributed by atoms with van der Waals surface area (Å²) in [5.74, 6) is -11.3. The minimum absolute atomic E-state index is 0.0977. The van der Waals surface area contributed by atoms with Crippen LogP contribution in [0.2, 0.25) is 0 Å². The zero-order valence-electron chi connectivity index (χ0n) is 39.9. The topological polar surface area (TPSA) is 285 Å². The molecule has 0 unspecified atom stereocenters. The lowest BCUT2D eigenvalue weighted by atomic mass is 9.82. The van der Waals surface area contributed by atoms with E-state index in [1.807, 2.05) is 0 Å². The molecule has 388 valence electrons. The molecule has 2 aromatic carbocycles. The van der Waals surface area contributed by atoms with Crippen molar-refractivity contribution >= 4 is 59.7 Å². The first kappa shape index (κ1) is 55.5. The van der Waals surface area contributed by atoms with E-state index in [0.717, 1.165) is 24.3 Å². The predicted molar refractivity (Wildman–Crippen MR) is 248 cm³/mol. The van der Waals surface area contributed by atoms with E-state index in [2.05, 4.69) is 13.2 Å². The van der Waals surface area contributed by atoms with Crippen molar-refractivity contribution in [2.24, 2.45) is 35.5 Å². The fraction of sp³-hybridized carbons (Fsp3) is 0.500. The van der Waals surface area contributed by atoms with Gasteiger partial charge in [-0.2, -0.15) is 0 Å². The van der Waals surface area contributed by atoms with Gasteiger partial charge in [-0.1, -0.05) is 13.2 Å². The van der Waals surface area contributed by atoms with Crippen LogP contribution >= 0.6 is 0 Å². The Hall–Kier alpha value is -7.38. The second kappa shape index (κ2) is 27.9. The second-order valence-electron chi connectivity index (χ2n) is 17.7. The third kappa shape index (κ3) is 16.9. The summed E-state index contributed by atoms with van der Waals surface area (Å²) in [6.45, 7) is 7.32. The van der Waals surface area contributed by atoms with Crippen molar-refractivity contribution in [3.05, 3.63) is 72.8 Å². The molecule has 3 saturated carbocycles. The van der Waals surface area contributed by atoms with Crippen LogP contribution in [0.1, 0.15) is 123 Å². The van der Waals surface area contributed by atoms with Crippen molar-refractivity contribution in [2.45, 2.75) is 103 Å². The van der Waals surface area contributed by atoms with Gasteiger partial charge < -0.3 is 48.1 Å². The van der Waals surface area contributed by atoms with Gasteiger partial charge in [0.25, 0.3) is 0 Å². The number of aromatic carboxylic acids is 2. The standard InChI is InChI=1S/C52H60O20/c1-3-43(53)65-25-5-7-27-67-47(59)31-9-13-35(14-10-31)51(63)71-41-23-21-37(29-39(41)45(55)56)69-49(61)33-17-19-34(20-18-33)50(62)70-38-22-24-42(40(30-38)46(57)58)72-52(64)36-15-11-32(12-16-36)48(60)68-28-8-6-26-66-44(54)4-2/h3-4,21-24,29-36H,1-2,5-20,25-28H2,(H,55,56)(H,57,58). The Morgan fingerprint density at radius 2 is 0.667 bits per heavy atom. The third-order valence-corrected chi connectivity index (χ3v) is 12.8. The molecule has 2 aromatic rings. The first-order valence-corrected chi connectivity index (χ1v) is 24.1.